The first-order chi connectivity index (χ1) is 14.5. The fourth-order valence-corrected chi connectivity index (χ4v) is 3.31. The van der Waals surface area contributed by atoms with Gasteiger partial charge in [-0.2, -0.15) is 5.10 Å². The van der Waals surface area contributed by atoms with E-state index >= 15 is 0 Å². The molecule has 8 heteroatoms. The number of nitrogens with zero attached hydrogens (tertiary/aromatic N) is 2. The van der Waals surface area contributed by atoms with Gasteiger partial charge < -0.3 is 14.8 Å². The summed E-state index contributed by atoms with van der Waals surface area (Å²) in [4.78, 5) is 12.4. The summed E-state index contributed by atoms with van der Waals surface area (Å²) in [7, 11) is 1.64. The van der Waals surface area contributed by atoms with E-state index in [9.17, 15) is 4.79 Å². The maximum Gasteiger partial charge on any atom is 0.222 e. The molecule has 3 aromatic rings. The lowest BCUT2D eigenvalue weighted by atomic mass is 10.1. The number of benzene rings is 2. The van der Waals surface area contributed by atoms with Gasteiger partial charge in [0.05, 0.1) is 13.7 Å². The number of carbonyl (C=O) groups excluding carboxylic acids is 1. The van der Waals surface area contributed by atoms with Crippen LogP contribution in [-0.2, 0) is 17.9 Å². The molecule has 2 aromatic carbocycles. The minimum atomic E-state index is -0.0599. The number of hydrogen-bond donors (Lipinski definition) is 2. The quantitative estimate of drug-likeness (QED) is 0.505. The monoisotopic (exact) mass is 426 g/mol. The SMILES string of the molecule is CCOc1ccc(-c2n[nH]c(=S)n2CCC(=O)NCc2ccc(C)c(OC)c2)cc1. The van der Waals surface area contributed by atoms with E-state index in [1.54, 1.807) is 7.11 Å². The zero-order valence-electron chi connectivity index (χ0n) is 17.4. The molecule has 0 atom stereocenters. The molecule has 0 spiro atoms. The lowest BCUT2D eigenvalue weighted by Crippen LogP contribution is -2.24. The topological polar surface area (TPSA) is 81.2 Å². The second-order valence-corrected chi connectivity index (χ2v) is 7.18. The van der Waals surface area contributed by atoms with E-state index in [1.807, 2.05) is 60.9 Å². The number of amides is 1. The highest BCUT2D eigenvalue weighted by molar-refractivity contribution is 7.71. The summed E-state index contributed by atoms with van der Waals surface area (Å²) in [6, 6.07) is 13.5. The molecular weight excluding hydrogens is 400 g/mol. The molecule has 1 aromatic heterocycles. The zero-order valence-corrected chi connectivity index (χ0v) is 18.2. The second kappa shape index (κ2) is 10.1. The molecule has 0 aliphatic carbocycles. The number of methoxy groups -OCH3 is 1. The molecule has 0 bridgehead atoms. The normalized spacial score (nSPS) is 10.6. The average Bonchev–Trinajstić information content (AvgIpc) is 3.12. The maximum absolute atomic E-state index is 12.4. The number of aromatic nitrogens is 3. The van der Waals surface area contributed by atoms with Gasteiger partial charge in [0.15, 0.2) is 10.6 Å². The van der Waals surface area contributed by atoms with Crippen molar-refractivity contribution in [3.05, 3.63) is 58.4 Å². The van der Waals surface area contributed by atoms with Gasteiger partial charge in [0, 0.05) is 25.1 Å². The Kier molecular flexibility index (Phi) is 7.24. The molecule has 3 rings (SSSR count). The summed E-state index contributed by atoms with van der Waals surface area (Å²) in [5, 5.41) is 10.1. The summed E-state index contributed by atoms with van der Waals surface area (Å²) >= 11 is 5.35. The van der Waals surface area contributed by atoms with E-state index in [4.69, 9.17) is 21.7 Å². The predicted octanol–water partition coefficient (Wildman–Crippen LogP) is 4.03. The van der Waals surface area contributed by atoms with E-state index in [0.29, 0.717) is 36.7 Å². The summed E-state index contributed by atoms with van der Waals surface area (Å²) in [6.45, 7) is 5.42. The maximum atomic E-state index is 12.4. The number of aryl methyl sites for hydroxylation is 1. The van der Waals surface area contributed by atoms with Crippen LogP contribution >= 0.6 is 12.2 Å². The number of nitrogens with one attached hydrogen (secondary N) is 2. The average molecular weight is 427 g/mol. The molecule has 0 radical (unpaired) electrons. The largest absolute Gasteiger partial charge is 0.496 e. The Balaban J connectivity index is 1.61. The first kappa shape index (κ1) is 21.6. The summed E-state index contributed by atoms with van der Waals surface area (Å²) < 4.78 is 13.1. The Morgan fingerprint density at radius 2 is 2.00 bits per heavy atom. The Morgan fingerprint density at radius 1 is 1.23 bits per heavy atom. The first-order valence-electron chi connectivity index (χ1n) is 9.80. The van der Waals surface area contributed by atoms with Gasteiger partial charge >= 0.3 is 0 Å². The molecule has 0 aliphatic heterocycles. The van der Waals surface area contributed by atoms with Crippen molar-refractivity contribution in [1.82, 2.24) is 20.1 Å². The molecule has 1 amide bonds. The zero-order chi connectivity index (χ0) is 21.5. The van der Waals surface area contributed by atoms with Crippen LogP contribution < -0.4 is 14.8 Å². The van der Waals surface area contributed by atoms with Crippen molar-refractivity contribution in [3.63, 3.8) is 0 Å². The van der Waals surface area contributed by atoms with Gasteiger partial charge in [-0.25, -0.2) is 0 Å². The third-order valence-electron chi connectivity index (χ3n) is 4.71. The predicted molar refractivity (Wildman–Crippen MR) is 118 cm³/mol. The summed E-state index contributed by atoms with van der Waals surface area (Å²) in [6.07, 6.45) is 0.293. The highest BCUT2D eigenvalue weighted by Gasteiger charge is 2.11. The molecule has 7 nitrogen and oxygen atoms in total. The van der Waals surface area contributed by atoms with Crippen molar-refractivity contribution in [3.8, 4) is 22.9 Å². The van der Waals surface area contributed by atoms with Gasteiger partial charge in [0.1, 0.15) is 11.5 Å². The van der Waals surface area contributed by atoms with E-state index < -0.39 is 0 Å². The van der Waals surface area contributed by atoms with Crippen molar-refractivity contribution >= 4 is 18.1 Å². The van der Waals surface area contributed by atoms with Crippen LogP contribution in [0.3, 0.4) is 0 Å². The number of ether oxygens (including phenoxy) is 2. The van der Waals surface area contributed by atoms with Gasteiger partial charge in [-0.15, -0.1) is 0 Å². The van der Waals surface area contributed by atoms with Gasteiger partial charge in [-0.05, 0) is 67.5 Å². The van der Waals surface area contributed by atoms with Crippen LogP contribution in [0, 0.1) is 11.7 Å². The molecule has 0 fully saturated rings. The van der Waals surface area contributed by atoms with Gasteiger partial charge in [0.25, 0.3) is 0 Å². The van der Waals surface area contributed by atoms with Gasteiger partial charge in [-0.3, -0.25) is 14.5 Å². The van der Waals surface area contributed by atoms with Crippen LogP contribution in [0.5, 0.6) is 11.5 Å². The van der Waals surface area contributed by atoms with Gasteiger partial charge in [0.2, 0.25) is 5.91 Å². The van der Waals surface area contributed by atoms with Crippen LogP contribution in [0.15, 0.2) is 42.5 Å². The van der Waals surface area contributed by atoms with E-state index in [0.717, 1.165) is 28.2 Å². The Morgan fingerprint density at radius 3 is 2.70 bits per heavy atom. The molecular formula is C22H26N4O3S. The fraction of sp³-hybridized carbons (Fsp3) is 0.318. The van der Waals surface area contributed by atoms with Crippen molar-refractivity contribution in [2.75, 3.05) is 13.7 Å². The van der Waals surface area contributed by atoms with E-state index in [1.165, 1.54) is 0 Å². The minimum absolute atomic E-state index is 0.0599. The molecule has 0 aliphatic rings. The summed E-state index contributed by atoms with van der Waals surface area (Å²) in [5.74, 6) is 2.25. The highest BCUT2D eigenvalue weighted by atomic mass is 32.1. The van der Waals surface area contributed by atoms with Crippen molar-refractivity contribution in [1.29, 1.82) is 0 Å². The summed E-state index contributed by atoms with van der Waals surface area (Å²) in [5.41, 5.74) is 2.95. The Labute approximate surface area is 181 Å². The third-order valence-corrected chi connectivity index (χ3v) is 5.02. The van der Waals surface area contributed by atoms with Crippen LogP contribution in [0.25, 0.3) is 11.4 Å². The third kappa shape index (κ3) is 5.27. The van der Waals surface area contributed by atoms with Crippen LogP contribution in [0.1, 0.15) is 24.5 Å². The van der Waals surface area contributed by atoms with Crippen molar-refractivity contribution < 1.29 is 14.3 Å². The number of rotatable bonds is 9. The first-order valence-corrected chi connectivity index (χ1v) is 10.2. The van der Waals surface area contributed by atoms with Crippen LogP contribution in [-0.4, -0.2) is 34.4 Å². The van der Waals surface area contributed by atoms with Crippen LogP contribution in [0.2, 0.25) is 0 Å². The standard InChI is InChI=1S/C22H26N4O3S/c1-4-29-18-9-7-17(8-10-18)21-24-25-22(30)26(21)12-11-20(27)23-14-16-6-5-15(2)19(13-16)28-3/h5-10,13H,4,11-12,14H2,1-3H3,(H,23,27)(H,25,30). The molecule has 2 N–H and O–H groups in total. The fourth-order valence-electron chi connectivity index (χ4n) is 3.09. The van der Waals surface area contributed by atoms with Crippen molar-refractivity contribution in [2.24, 2.45) is 0 Å². The number of aromatic amines is 1. The lowest BCUT2D eigenvalue weighted by molar-refractivity contribution is -0.121. The smallest absolute Gasteiger partial charge is 0.222 e. The molecule has 0 unspecified atom stereocenters. The number of hydrogen-bond acceptors (Lipinski definition) is 5. The molecule has 30 heavy (non-hydrogen) atoms. The molecule has 158 valence electrons. The highest BCUT2D eigenvalue weighted by Crippen LogP contribution is 2.22. The number of carbonyl (C=O) groups is 1. The second-order valence-electron chi connectivity index (χ2n) is 6.79. The lowest BCUT2D eigenvalue weighted by Gasteiger charge is -2.10. The Hall–Kier alpha value is -3.13. The Bertz CT molecular complexity index is 1060. The minimum Gasteiger partial charge on any atom is -0.496 e. The molecule has 1 heterocycles. The number of H-pyrrole nitrogens is 1. The molecule has 0 saturated carbocycles. The van der Waals surface area contributed by atoms with E-state index in [-0.39, 0.29) is 5.91 Å². The van der Waals surface area contributed by atoms with Crippen molar-refractivity contribution in [2.45, 2.75) is 33.4 Å². The molecule has 0 saturated heterocycles. The van der Waals surface area contributed by atoms with E-state index in [2.05, 4.69) is 15.5 Å². The van der Waals surface area contributed by atoms with Gasteiger partial charge in [-0.1, -0.05) is 12.1 Å². The van der Waals surface area contributed by atoms with Crippen LogP contribution in [0.4, 0.5) is 0 Å².